The summed E-state index contributed by atoms with van der Waals surface area (Å²) >= 11 is 0. The highest BCUT2D eigenvalue weighted by Crippen LogP contribution is 2.26. The summed E-state index contributed by atoms with van der Waals surface area (Å²) in [6.07, 6.45) is 0.938. The van der Waals surface area contributed by atoms with Crippen LogP contribution < -0.4 is 15.4 Å². The fraction of sp³-hybridized carbons (Fsp3) is 0.348. The number of para-hydroxylation sites is 2. The molecule has 30 heavy (non-hydrogen) atoms. The highest BCUT2D eigenvalue weighted by atomic mass is 16.5. The van der Waals surface area contributed by atoms with E-state index in [1.807, 2.05) is 31.2 Å². The van der Waals surface area contributed by atoms with Gasteiger partial charge in [-0.3, -0.25) is 14.4 Å². The summed E-state index contributed by atoms with van der Waals surface area (Å²) in [7, 11) is 0. The van der Waals surface area contributed by atoms with Crippen molar-refractivity contribution in [3.63, 3.8) is 0 Å². The molecule has 2 N–H and O–H groups in total. The average Bonchev–Trinajstić information content (AvgIpc) is 2.76. The highest BCUT2D eigenvalue weighted by molar-refractivity contribution is 5.98. The third kappa shape index (κ3) is 6.62. The Hall–Kier alpha value is -3.35. The van der Waals surface area contributed by atoms with Gasteiger partial charge in [0, 0.05) is 5.69 Å². The fourth-order valence-electron chi connectivity index (χ4n) is 2.83. The fourth-order valence-corrected chi connectivity index (χ4v) is 2.83. The van der Waals surface area contributed by atoms with Gasteiger partial charge in [-0.05, 0) is 43.0 Å². The number of amides is 2. The van der Waals surface area contributed by atoms with Crippen LogP contribution in [0.3, 0.4) is 0 Å². The van der Waals surface area contributed by atoms with Crippen LogP contribution in [0, 0.1) is 0 Å². The summed E-state index contributed by atoms with van der Waals surface area (Å²) in [6.45, 7) is 5.61. The van der Waals surface area contributed by atoms with Gasteiger partial charge in [0.25, 0.3) is 11.8 Å². The van der Waals surface area contributed by atoms with E-state index in [0.29, 0.717) is 29.5 Å². The van der Waals surface area contributed by atoms with Crippen LogP contribution in [-0.2, 0) is 14.3 Å². The van der Waals surface area contributed by atoms with E-state index < -0.39 is 24.4 Å². The summed E-state index contributed by atoms with van der Waals surface area (Å²) in [6, 6.07) is 14.3. The molecule has 0 aliphatic rings. The summed E-state index contributed by atoms with van der Waals surface area (Å²) in [5.74, 6) is -0.873. The zero-order chi connectivity index (χ0) is 21.9. The van der Waals surface area contributed by atoms with Crippen LogP contribution >= 0.6 is 0 Å². The molecular weight excluding hydrogens is 384 g/mol. The number of rotatable bonds is 10. The van der Waals surface area contributed by atoms with Crippen LogP contribution in [-0.4, -0.2) is 37.5 Å². The van der Waals surface area contributed by atoms with Crippen molar-refractivity contribution in [1.82, 2.24) is 5.32 Å². The van der Waals surface area contributed by atoms with Crippen molar-refractivity contribution in [3.05, 3.63) is 59.7 Å². The van der Waals surface area contributed by atoms with Crippen molar-refractivity contribution in [2.45, 2.75) is 33.1 Å². The number of nitrogens with one attached hydrogen (secondary N) is 2. The molecule has 2 aromatic rings. The van der Waals surface area contributed by atoms with Crippen LogP contribution in [0.1, 0.15) is 49.0 Å². The highest BCUT2D eigenvalue weighted by Gasteiger charge is 2.15. The number of esters is 1. The standard InChI is InChI=1S/C23H28N2O5/c1-4-16(3)17-10-6-8-12-19(17)25-21(26)15-30-22(27)14-24-23(28)18-11-7-9-13-20(18)29-5-2/h6-13,16H,4-5,14-15H2,1-3H3,(H,24,28)(H,25,26)/t16-/m0/s1. The molecule has 2 aromatic carbocycles. The lowest BCUT2D eigenvalue weighted by Crippen LogP contribution is -2.32. The van der Waals surface area contributed by atoms with Gasteiger partial charge in [-0.15, -0.1) is 0 Å². The van der Waals surface area contributed by atoms with E-state index in [1.54, 1.807) is 24.3 Å². The lowest BCUT2D eigenvalue weighted by Gasteiger charge is -2.15. The molecule has 0 saturated heterocycles. The van der Waals surface area contributed by atoms with Crippen LogP contribution in [0.25, 0.3) is 0 Å². The summed E-state index contributed by atoms with van der Waals surface area (Å²) < 4.78 is 10.4. The second kappa shape index (κ2) is 11.6. The summed E-state index contributed by atoms with van der Waals surface area (Å²) in [4.78, 5) is 36.4. The second-order valence-corrected chi connectivity index (χ2v) is 6.72. The van der Waals surface area contributed by atoms with Crippen LogP contribution in [0.15, 0.2) is 48.5 Å². The first-order chi connectivity index (χ1) is 14.5. The van der Waals surface area contributed by atoms with Gasteiger partial charge >= 0.3 is 5.97 Å². The molecule has 160 valence electrons. The number of hydrogen-bond donors (Lipinski definition) is 2. The van der Waals surface area contributed by atoms with E-state index in [0.717, 1.165) is 12.0 Å². The minimum atomic E-state index is -0.706. The molecule has 0 bridgehead atoms. The Bertz CT molecular complexity index is 881. The molecule has 0 saturated carbocycles. The molecule has 7 heteroatoms. The zero-order valence-corrected chi connectivity index (χ0v) is 17.6. The van der Waals surface area contributed by atoms with Crippen molar-refractivity contribution in [1.29, 1.82) is 0 Å². The topological polar surface area (TPSA) is 93.7 Å². The molecular formula is C23H28N2O5. The largest absolute Gasteiger partial charge is 0.493 e. The maximum Gasteiger partial charge on any atom is 0.325 e. The molecule has 0 fully saturated rings. The molecule has 0 aliphatic heterocycles. The molecule has 2 amide bonds. The third-order valence-electron chi connectivity index (χ3n) is 4.57. The first kappa shape index (κ1) is 22.9. The van der Waals surface area contributed by atoms with Crippen LogP contribution in [0.2, 0.25) is 0 Å². The number of anilines is 1. The van der Waals surface area contributed by atoms with E-state index in [4.69, 9.17) is 9.47 Å². The number of carbonyl (C=O) groups is 3. The predicted octanol–water partition coefficient (Wildman–Crippen LogP) is 3.51. The van der Waals surface area contributed by atoms with Crippen molar-refractivity contribution in [3.8, 4) is 5.75 Å². The molecule has 0 unspecified atom stereocenters. The van der Waals surface area contributed by atoms with Gasteiger partial charge in [0.05, 0.1) is 12.2 Å². The maximum atomic E-state index is 12.3. The van der Waals surface area contributed by atoms with Crippen LogP contribution in [0.5, 0.6) is 5.75 Å². The molecule has 1 atom stereocenters. The molecule has 0 heterocycles. The van der Waals surface area contributed by atoms with Crippen molar-refractivity contribution < 1.29 is 23.9 Å². The van der Waals surface area contributed by atoms with Gasteiger partial charge in [0.1, 0.15) is 12.3 Å². The smallest absolute Gasteiger partial charge is 0.325 e. The predicted molar refractivity (Wildman–Crippen MR) is 115 cm³/mol. The average molecular weight is 412 g/mol. The summed E-state index contributed by atoms with van der Waals surface area (Å²) in [5, 5.41) is 5.25. The Morgan fingerprint density at radius 3 is 2.43 bits per heavy atom. The maximum absolute atomic E-state index is 12.3. The minimum Gasteiger partial charge on any atom is -0.493 e. The van der Waals surface area contributed by atoms with E-state index in [1.165, 1.54) is 0 Å². The molecule has 2 rings (SSSR count). The Morgan fingerprint density at radius 1 is 1.00 bits per heavy atom. The Balaban J connectivity index is 1.83. The SMILES string of the molecule is CCOc1ccccc1C(=O)NCC(=O)OCC(=O)Nc1ccccc1[C@@H](C)CC. The number of ether oxygens (including phenoxy) is 2. The summed E-state index contributed by atoms with van der Waals surface area (Å²) in [5.41, 5.74) is 2.06. The molecule has 0 aliphatic carbocycles. The lowest BCUT2D eigenvalue weighted by atomic mass is 9.97. The van der Waals surface area contributed by atoms with Crippen molar-refractivity contribution >= 4 is 23.5 Å². The van der Waals surface area contributed by atoms with Gasteiger partial charge in [-0.1, -0.05) is 44.2 Å². The molecule has 0 aromatic heterocycles. The Morgan fingerprint density at radius 2 is 1.70 bits per heavy atom. The first-order valence-electron chi connectivity index (χ1n) is 10.0. The van der Waals surface area contributed by atoms with E-state index >= 15 is 0 Å². The van der Waals surface area contributed by atoms with E-state index in [2.05, 4.69) is 24.5 Å². The van der Waals surface area contributed by atoms with Crippen molar-refractivity contribution in [2.24, 2.45) is 0 Å². The van der Waals surface area contributed by atoms with Gasteiger partial charge < -0.3 is 20.1 Å². The van der Waals surface area contributed by atoms with Gasteiger partial charge in [0.2, 0.25) is 0 Å². The first-order valence-corrected chi connectivity index (χ1v) is 10.0. The lowest BCUT2D eigenvalue weighted by molar-refractivity contribution is -0.146. The minimum absolute atomic E-state index is 0.291. The van der Waals surface area contributed by atoms with Gasteiger partial charge in [0.15, 0.2) is 6.61 Å². The normalized spacial score (nSPS) is 11.3. The Labute approximate surface area is 176 Å². The number of benzene rings is 2. The van der Waals surface area contributed by atoms with E-state index in [-0.39, 0.29) is 6.54 Å². The second-order valence-electron chi connectivity index (χ2n) is 6.72. The molecule has 0 spiro atoms. The van der Waals surface area contributed by atoms with Crippen molar-refractivity contribution in [2.75, 3.05) is 25.1 Å². The molecule has 0 radical (unpaired) electrons. The number of carbonyl (C=O) groups excluding carboxylic acids is 3. The number of hydrogen-bond acceptors (Lipinski definition) is 5. The van der Waals surface area contributed by atoms with E-state index in [9.17, 15) is 14.4 Å². The zero-order valence-electron chi connectivity index (χ0n) is 17.6. The molecule has 7 nitrogen and oxygen atoms in total. The monoisotopic (exact) mass is 412 g/mol. The van der Waals surface area contributed by atoms with Crippen LogP contribution in [0.4, 0.5) is 5.69 Å². The Kier molecular flexibility index (Phi) is 8.87. The van der Waals surface area contributed by atoms with Gasteiger partial charge in [-0.2, -0.15) is 0 Å². The quantitative estimate of drug-likeness (QED) is 0.583. The van der Waals surface area contributed by atoms with Gasteiger partial charge in [-0.25, -0.2) is 0 Å². The third-order valence-corrected chi connectivity index (χ3v) is 4.57.